The third kappa shape index (κ3) is 10.0. The van der Waals surface area contributed by atoms with E-state index >= 15 is 0 Å². The average molecular weight is 548 g/mol. The summed E-state index contributed by atoms with van der Waals surface area (Å²) in [4.78, 5) is 0. The average Bonchev–Trinajstić information content (AvgIpc) is 3.56. The van der Waals surface area contributed by atoms with E-state index in [0.717, 1.165) is 26.4 Å². The van der Waals surface area contributed by atoms with Crippen LogP contribution in [0.1, 0.15) is 25.7 Å². The van der Waals surface area contributed by atoms with Gasteiger partial charge in [-0.3, -0.25) is 0 Å². The summed E-state index contributed by atoms with van der Waals surface area (Å²) in [5.41, 5.74) is 0. The van der Waals surface area contributed by atoms with Gasteiger partial charge < -0.3 is 9.47 Å². The summed E-state index contributed by atoms with van der Waals surface area (Å²) in [7, 11) is 0. The molecule has 0 aromatic heterocycles. The van der Waals surface area contributed by atoms with E-state index in [-0.39, 0.29) is 46.9 Å². The van der Waals surface area contributed by atoms with Crippen molar-refractivity contribution in [2.24, 2.45) is 0 Å². The molecule has 2 aliphatic heterocycles. The van der Waals surface area contributed by atoms with Crippen LogP contribution in [0.25, 0.3) is 0 Å². The van der Waals surface area contributed by atoms with Crippen molar-refractivity contribution in [2.45, 2.75) is 25.7 Å². The molecule has 0 aromatic carbocycles. The maximum Gasteiger partial charge on any atom is 2.00 e. The smallest absolute Gasteiger partial charge is 0.381 e. The van der Waals surface area contributed by atoms with Crippen LogP contribution >= 0.6 is 0 Å². The van der Waals surface area contributed by atoms with Gasteiger partial charge in [0, 0.05) is 50.1 Å². The van der Waals surface area contributed by atoms with Crippen molar-refractivity contribution in [3.8, 4) is 0 Å². The predicted molar refractivity (Wildman–Crippen MR) is 115 cm³/mol. The molecule has 29 heavy (non-hydrogen) atoms. The molecule has 0 N–H and O–H groups in total. The Hall–Kier alpha value is 0.399. The van der Waals surface area contributed by atoms with E-state index in [1.54, 1.807) is 0 Å². The molecule has 6 rings (SSSR count). The van der Waals surface area contributed by atoms with E-state index in [2.05, 4.69) is 87.1 Å². The molecular formula is C26H30O2Yb+2. The van der Waals surface area contributed by atoms with Crippen LogP contribution in [0, 0.1) is 109 Å². The summed E-state index contributed by atoms with van der Waals surface area (Å²) < 4.78 is 9.89. The van der Waals surface area contributed by atoms with Crippen LogP contribution < -0.4 is 0 Å². The number of hydrogen-bond donors (Lipinski definition) is 0. The first kappa shape index (κ1) is 25.7. The van der Waals surface area contributed by atoms with E-state index in [4.69, 9.17) is 9.47 Å². The number of ether oxygens (including phenoxy) is 2. The van der Waals surface area contributed by atoms with Crippen molar-refractivity contribution < 1.29 is 56.4 Å². The van der Waals surface area contributed by atoms with Crippen LogP contribution in [0.2, 0.25) is 0 Å². The summed E-state index contributed by atoms with van der Waals surface area (Å²) in [5.74, 6) is 5.32. The third-order valence-electron chi connectivity index (χ3n) is 4.75. The van der Waals surface area contributed by atoms with E-state index in [1.807, 2.05) is 0 Å². The van der Waals surface area contributed by atoms with Crippen LogP contribution in [0.3, 0.4) is 0 Å². The Morgan fingerprint density at radius 2 is 0.724 bits per heavy atom. The van der Waals surface area contributed by atoms with E-state index in [1.165, 1.54) is 49.4 Å². The topological polar surface area (TPSA) is 18.5 Å². The molecule has 0 aromatic rings. The van der Waals surface area contributed by atoms with Crippen LogP contribution in [0.5, 0.6) is 0 Å². The minimum atomic E-state index is 0. The molecule has 2 heterocycles. The summed E-state index contributed by atoms with van der Waals surface area (Å²) in [6.07, 6.45) is 34.5. The van der Waals surface area contributed by atoms with Gasteiger partial charge >= 0.3 is 46.9 Å². The summed E-state index contributed by atoms with van der Waals surface area (Å²) in [6.45, 7) is 4.00. The predicted octanol–water partition coefficient (Wildman–Crippen LogP) is 5.37. The SMILES string of the molecule is C1CCOC1.C1CCOC1.[CH]1[CH][C]2C=CC=C[C]2[CH]1.[CH]1[CH][C]2C=CC=C[C]2[CH]1.[Yb+2]. The fraction of sp³-hybridized carbons (Fsp3) is 0.308. The molecule has 0 bridgehead atoms. The molecular weight excluding hydrogens is 517 g/mol. The van der Waals surface area contributed by atoms with Crippen molar-refractivity contribution in [1.29, 1.82) is 0 Å². The summed E-state index contributed by atoms with van der Waals surface area (Å²) in [5, 5.41) is 0. The summed E-state index contributed by atoms with van der Waals surface area (Å²) >= 11 is 0. The maximum absolute atomic E-state index is 4.94. The second-order valence-corrected chi connectivity index (χ2v) is 6.95. The van der Waals surface area contributed by atoms with Gasteiger partial charge in [0.05, 0.1) is 0 Å². The first-order chi connectivity index (χ1) is 13.9. The van der Waals surface area contributed by atoms with Gasteiger partial charge in [0.15, 0.2) is 0 Å². The molecule has 2 saturated heterocycles. The molecule has 2 nitrogen and oxygen atoms in total. The van der Waals surface area contributed by atoms with Gasteiger partial charge in [0.25, 0.3) is 0 Å². The van der Waals surface area contributed by atoms with Crippen molar-refractivity contribution in [3.05, 3.63) is 111 Å². The Labute approximate surface area is 217 Å². The Morgan fingerprint density at radius 3 is 0.931 bits per heavy atom. The van der Waals surface area contributed by atoms with Gasteiger partial charge in [-0.2, -0.15) is 0 Å². The third-order valence-corrected chi connectivity index (χ3v) is 4.75. The molecule has 0 unspecified atom stereocenters. The van der Waals surface area contributed by atoms with Gasteiger partial charge in [-0.25, -0.2) is 0 Å². The Balaban J connectivity index is 0.000000142. The van der Waals surface area contributed by atoms with Gasteiger partial charge in [0.2, 0.25) is 0 Å². The van der Waals surface area contributed by atoms with Crippen molar-refractivity contribution in [2.75, 3.05) is 26.4 Å². The number of hydrogen-bond acceptors (Lipinski definition) is 2. The molecule has 0 amide bonds. The minimum Gasteiger partial charge on any atom is -0.381 e. The number of rotatable bonds is 0. The first-order valence-corrected chi connectivity index (χ1v) is 10.3. The number of fused-ring (bicyclic) bond motifs is 2. The number of allylic oxidation sites excluding steroid dienone is 8. The van der Waals surface area contributed by atoms with Gasteiger partial charge in [-0.05, 0) is 64.2 Å². The fourth-order valence-electron chi connectivity index (χ4n) is 3.16. The largest absolute Gasteiger partial charge is 2.00 e. The Morgan fingerprint density at radius 1 is 0.448 bits per heavy atom. The Kier molecular flexibility index (Phi) is 14.2. The van der Waals surface area contributed by atoms with Crippen LogP contribution in [-0.4, -0.2) is 26.4 Å². The molecule has 158 valence electrons. The molecule has 3 heteroatoms. The van der Waals surface area contributed by atoms with E-state index in [0.29, 0.717) is 0 Å². The molecule has 4 aliphatic carbocycles. The van der Waals surface area contributed by atoms with Crippen LogP contribution in [0.4, 0.5) is 0 Å². The van der Waals surface area contributed by atoms with E-state index < -0.39 is 0 Å². The van der Waals surface area contributed by atoms with Gasteiger partial charge in [0.1, 0.15) is 0 Å². The monoisotopic (exact) mass is 548 g/mol. The zero-order chi connectivity index (χ0) is 19.3. The second kappa shape index (κ2) is 16.1. The van der Waals surface area contributed by atoms with Crippen molar-refractivity contribution in [3.63, 3.8) is 0 Å². The zero-order valence-electron chi connectivity index (χ0n) is 16.8. The minimum absolute atomic E-state index is 0. The standard InChI is InChI=1S/2C9H7.2C4H8O.Yb/c2*1-2-5-9-7-3-6-8(9)4-1;2*1-2-4-5-3-1;/h2*1-7H;2*1-4H2;/q;;;;+2. The summed E-state index contributed by atoms with van der Waals surface area (Å²) in [6, 6.07) is 0. The quantitative estimate of drug-likeness (QED) is 0.406. The van der Waals surface area contributed by atoms with Crippen molar-refractivity contribution in [1.82, 2.24) is 0 Å². The van der Waals surface area contributed by atoms with Gasteiger partial charge in [-0.15, -0.1) is 0 Å². The Bertz CT molecular complexity index is 430. The molecule has 4 fully saturated rings. The normalized spacial score (nSPS) is 25.1. The van der Waals surface area contributed by atoms with E-state index in [9.17, 15) is 0 Å². The molecule has 2 saturated carbocycles. The first-order valence-electron chi connectivity index (χ1n) is 10.3. The second-order valence-electron chi connectivity index (χ2n) is 6.95. The van der Waals surface area contributed by atoms with Crippen LogP contribution in [-0.2, 0) is 9.47 Å². The molecule has 10 radical (unpaired) electrons. The zero-order valence-corrected chi connectivity index (χ0v) is 18.5. The van der Waals surface area contributed by atoms with Crippen LogP contribution in [0.15, 0.2) is 48.6 Å². The molecule has 0 spiro atoms. The van der Waals surface area contributed by atoms with Gasteiger partial charge in [-0.1, -0.05) is 48.6 Å². The fourth-order valence-corrected chi connectivity index (χ4v) is 3.16. The maximum atomic E-state index is 4.94. The molecule has 6 aliphatic rings. The molecule has 0 atom stereocenters. The van der Waals surface area contributed by atoms with Crippen molar-refractivity contribution >= 4 is 0 Å².